The average Bonchev–Trinajstić information content (AvgIpc) is 2.73. The summed E-state index contributed by atoms with van der Waals surface area (Å²) >= 11 is 0. The molecule has 3 rings (SSSR count). The number of unbranched alkanes of at least 4 members (excludes halogenated alkanes) is 1. The van der Waals surface area contributed by atoms with Gasteiger partial charge in [0.2, 0.25) is 10.0 Å². The molecule has 0 aromatic heterocycles. The molecule has 0 unspecified atom stereocenters. The monoisotopic (exact) mass is 386 g/mol. The van der Waals surface area contributed by atoms with E-state index in [-0.39, 0.29) is 5.91 Å². The fourth-order valence-corrected chi connectivity index (χ4v) is 4.69. The van der Waals surface area contributed by atoms with Crippen molar-refractivity contribution in [1.82, 2.24) is 9.21 Å². The van der Waals surface area contributed by atoms with Crippen molar-refractivity contribution in [3.8, 4) is 0 Å². The summed E-state index contributed by atoms with van der Waals surface area (Å²) in [6.07, 6.45) is 3.32. The molecule has 0 spiro atoms. The molecule has 2 aromatic rings. The quantitative estimate of drug-likeness (QED) is 0.766. The minimum Gasteiger partial charge on any atom is -0.336 e. The normalized spacial score (nSPS) is 15.7. The van der Waals surface area contributed by atoms with Gasteiger partial charge in [-0.1, -0.05) is 43.7 Å². The van der Waals surface area contributed by atoms with E-state index in [0.717, 1.165) is 19.3 Å². The maximum Gasteiger partial charge on any atom is 0.253 e. The zero-order chi connectivity index (χ0) is 19.3. The molecule has 0 aliphatic carbocycles. The van der Waals surface area contributed by atoms with Crippen molar-refractivity contribution in [3.05, 3.63) is 65.7 Å². The second kappa shape index (κ2) is 8.67. The van der Waals surface area contributed by atoms with Crippen LogP contribution in [-0.4, -0.2) is 49.7 Å². The van der Waals surface area contributed by atoms with Crippen molar-refractivity contribution in [2.75, 3.05) is 26.2 Å². The molecule has 1 amide bonds. The van der Waals surface area contributed by atoms with E-state index in [9.17, 15) is 13.2 Å². The average molecular weight is 387 g/mol. The Morgan fingerprint density at radius 2 is 1.56 bits per heavy atom. The molecule has 0 N–H and O–H groups in total. The van der Waals surface area contributed by atoms with Gasteiger partial charge >= 0.3 is 0 Å². The minimum absolute atomic E-state index is 0.0335. The first kappa shape index (κ1) is 19.6. The van der Waals surface area contributed by atoms with Crippen LogP contribution in [0, 0.1) is 0 Å². The van der Waals surface area contributed by atoms with Crippen molar-refractivity contribution in [1.29, 1.82) is 0 Å². The molecule has 27 heavy (non-hydrogen) atoms. The third-order valence-corrected chi connectivity index (χ3v) is 6.84. The molecule has 1 saturated heterocycles. The number of rotatable bonds is 6. The van der Waals surface area contributed by atoms with Crippen molar-refractivity contribution in [2.45, 2.75) is 31.1 Å². The predicted molar refractivity (Wildman–Crippen MR) is 106 cm³/mol. The van der Waals surface area contributed by atoms with Crippen LogP contribution in [0.4, 0.5) is 0 Å². The number of hydrogen-bond donors (Lipinski definition) is 0. The van der Waals surface area contributed by atoms with Crippen molar-refractivity contribution in [3.63, 3.8) is 0 Å². The van der Waals surface area contributed by atoms with Gasteiger partial charge in [-0.2, -0.15) is 4.31 Å². The second-order valence-corrected chi connectivity index (χ2v) is 8.75. The molecule has 144 valence electrons. The summed E-state index contributed by atoms with van der Waals surface area (Å²) in [4.78, 5) is 14.7. The Kier molecular flexibility index (Phi) is 6.29. The van der Waals surface area contributed by atoms with E-state index < -0.39 is 10.0 Å². The summed E-state index contributed by atoms with van der Waals surface area (Å²) < 4.78 is 26.8. The number of hydrogen-bond acceptors (Lipinski definition) is 3. The Morgan fingerprint density at radius 3 is 2.15 bits per heavy atom. The maximum absolute atomic E-state index is 12.7. The zero-order valence-electron chi connectivity index (χ0n) is 15.7. The highest BCUT2D eigenvalue weighted by Crippen LogP contribution is 2.18. The Labute approximate surface area is 161 Å². The molecule has 0 radical (unpaired) electrons. The molecule has 1 heterocycles. The summed E-state index contributed by atoms with van der Waals surface area (Å²) in [7, 11) is -3.49. The lowest BCUT2D eigenvalue weighted by Crippen LogP contribution is -2.50. The lowest BCUT2D eigenvalue weighted by Gasteiger charge is -2.34. The first-order chi connectivity index (χ1) is 13.0. The van der Waals surface area contributed by atoms with E-state index in [2.05, 4.69) is 6.92 Å². The summed E-state index contributed by atoms with van der Waals surface area (Å²) in [6, 6.07) is 16.2. The van der Waals surface area contributed by atoms with Crippen molar-refractivity contribution < 1.29 is 13.2 Å². The van der Waals surface area contributed by atoms with Gasteiger partial charge in [-0.15, -0.1) is 0 Å². The minimum atomic E-state index is -3.49. The molecular weight excluding hydrogens is 360 g/mol. The van der Waals surface area contributed by atoms with Gasteiger partial charge in [0.05, 0.1) is 4.90 Å². The van der Waals surface area contributed by atoms with Gasteiger partial charge in [-0.05, 0) is 42.7 Å². The van der Waals surface area contributed by atoms with Gasteiger partial charge in [0.25, 0.3) is 5.91 Å². The molecule has 0 saturated carbocycles. The lowest BCUT2D eigenvalue weighted by atomic mass is 10.1. The number of carbonyl (C=O) groups excluding carboxylic acids is 1. The first-order valence-electron chi connectivity index (χ1n) is 9.46. The highest BCUT2D eigenvalue weighted by molar-refractivity contribution is 7.89. The fourth-order valence-electron chi connectivity index (χ4n) is 3.25. The molecule has 0 atom stereocenters. The lowest BCUT2D eigenvalue weighted by molar-refractivity contribution is 0.0698. The molecule has 1 fully saturated rings. The second-order valence-electron chi connectivity index (χ2n) is 6.81. The van der Waals surface area contributed by atoms with Crippen molar-refractivity contribution in [2.24, 2.45) is 0 Å². The largest absolute Gasteiger partial charge is 0.336 e. The first-order valence-corrected chi connectivity index (χ1v) is 10.9. The van der Waals surface area contributed by atoms with E-state index in [1.807, 2.05) is 24.3 Å². The molecule has 0 bridgehead atoms. The standard InChI is InChI=1S/C21H26N2O3S/c1-2-3-7-18-10-12-19(13-11-18)21(24)22-14-16-23(17-15-22)27(25,26)20-8-5-4-6-9-20/h4-6,8-13H,2-3,7,14-17H2,1H3. The van der Waals surface area contributed by atoms with Gasteiger partial charge in [-0.25, -0.2) is 8.42 Å². The summed E-state index contributed by atoms with van der Waals surface area (Å²) in [5.41, 5.74) is 1.90. The SMILES string of the molecule is CCCCc1ccc(C(=O)N2CCN(S(=O)(=O)c3ccccc3)CC2)cc1. The molecule has 1 aliphatic rings. The molecule has 6 heteroatoms. The predicted octanol–water partition coefficient (Wildman–Crippen LogP) is 3.18. The highest BCUT2D eigenvalue weighted by atomic mass is 32.2. The maximum atomic E-state index is 12.7. The number of carbonyl (C=O) groups is 1. The van der Waals surface area contributed by atoms with Gasteiger partial charge in [-0.3, -0.25) is 4.79 Å². The van der Waals surface area contributed by atoms with Crippen LogP contribution in [0.15, 0.2) is 59.5 Å². The van der Waals surface area contributed by atoms with Gasteiger partial charge in [0.1, 0.15) is 0 Å². The highest BCUT2D eigenvalue weighted by Gasteiger charge is 2.30. The molecule has 2 aromatic carbocycles. The Hall–Kier alpha value is -2.18. The van der Waals surface area contributed by atoms with E-state index in [0.29, 0.717) is 36.6 Å². The number of aryl methyl sites for hydroxylation is 1. The Bertz CT molecular complexity index is 856. The molecule has 5 nitrogen and oxygen atoms in total. The van der Waals surface area contributed by atoms with Crippen LogP contribution in [0.3, 0.4) is 0 Å². The van der Waals surface area contributed by atoms with Crippen LogP contribution in [0.2, 0.25) is 0 Å². The van der Waals surface area contributed by atoms with Gasteiger partial charge < -0.3 is 4.90 Å². The van der Waals surface area contributed by atoms with Crippen LogP contribution < -0.4 is 0 Å². The number of sulfonamides is 1. The van der Waals surface area contributed by atoms with Crippen LogP contribution in [-0.2, 0) is 16.4 Å². The smallest absolute Gasteiger partial charge is 0.253 e. The summed E-state index contributed by atoms with van der Waals surface area (Å²) in [5.74, 6) is -0.0335. The summed E-state index contributed by atoms with van der Waals surface area (Å²) in [6.45, 7) is 3.61. The zero-order valence-corrected chi connectivity index (χ0v) is 16.5. The van der Waals surface area contributed by atoms with Gasteiger partial charge in [0, 0.05) is 31.7 Å². The third-order valence-electron chi connectivity index (χ3n) is 4.93. The fraction of sp³-hybridized carbons (Fsp3) is 0.381. The molecule has 1 aliphatic heterocycles. The van der Waals surface area contributed by atoms with E-state index in [1.54, 1.807) is 35.2 Å². The Morgan fingerprint density at radius 1 is 0.926 bits per heavy atom. The van der Waals surface area contributed by atoms with Crippen molar-refractivity contribution >= 4 is 15.9 Å². The Balaban J connectivity index is 1.61. The van der Waals surface area contributed by atoms with Crippen LogP contribution in [0.1, 0.15) is 35.7 Å². The van der Waals surface area contributed by atoms with Crippen LogP contribution in [0.5, 0.6) is 0 Å². The number of amides is 1. The van der Waals surface area contributed by atoms with E-state index in [4.69, 9.17) is 0 Å². The topological polar surface area (TPSA) is 57.7 Å². The third kappa shape index (κ3) is 4.57. The van der Waals surface area contributed by atoms with Crippen LogP contribution >= 0.6 is 0 Å². The molecular formula is C21H26N2O3S. The number of benzene rings is 2. The summed E-state index contributed by atoms with van der Waals surface area (Å²) in [5, 5.41) is 0. The van der Waals surface area contributed by atoms with E-state index >= 15 is 0 Å². The van der Waals surface area contributed by atoms with Crippen LogP contribution in [0.25, 0.3) is 0 Å². The van der Waals surface area contributed by atoms with E-state index in [1.165, 1.54) is 9.87 Å². The number of piperazine rings is 1. The number of nitrogens with zero attached hydrogens (tertiary/aromatic N) is 2. The van der Waals surface area contributed by atoms with Gasteiger partial charge in [0.15, 0.2) is 0 Å².